The first-order valence-corrected chi connectivity index (χ1v) is 11.5. The zero-order chi connectivity index (χ0) is 19.4. The third-order valence-corrected chi connectivity index (χ3v) is 7.07. The average Bonchev–Trinajstić information content (AvgIpc) is 2.98. The fraction of sp³-hybridized carbons (Fsp3) is 0.250. The van der Waals surface area contributed by atoms with E-state index in [9.17, 15) is 13.2 Å². The molecule has 1 unspecified atom stereocenters. The molecule has 0 aliphatic carbocycles. The minimum Gasteiger partial charge on any atom is -0.331 e. The van der Waals surface area contributed by atoms with E-state index in [1.54, 1.807) is 17.0 Å². The van der Waals surface area contributed by atoms with Gasteiger partial charge in [-0.3, -0.25) is 4.79 Å². The number of amides is 1. The van der Waals surface area contributed by atoms with Crippen molar-refractivity contribution < 1.29 is 13.2 Å². The Hall–Kier alpha value is -1.63. The summed E-state index contributed by atoms with van der Waals surface area (Å²) in [7, 11) is -3.10. The molecule has 0 bridgehead atoms. The minimum atomic E-state index is -3.10. The number of carbonyl (C=O) groups excluding carboxylic acids is 1. The molecule has 0 radical (unpaired) electrons. The molecule has 4 nitrogen and oxygen atoms in total. The van der Waals surface area contributed by atoms with E-state index in [1.165, 1.54) is 6.08 Å². The van der Waals surface area contributed by atoms with Crippen LogP contribution in [0, 0.1) is 0 Å². The van der Waals surface area contributed by atoms with E-state index >= 15 is 0 Å². The smallest absolute Gasteiger partial charge is 0.247 e. The summed E-state index contributed by atoms with van der Waals surface area (Å²) in [5, 5.41) is 0.559. The fourth-order valence-corrected chi connectivity index (χ4v) is 5.48. The van der Waals surface area contributed by atoms with Gasteiger partial charge >= 0.3 is 0 Å². The van der Waals surface area contributed by atoms with E-state index in [0.717, 1.165) is 15.6 Å². The van der Waals surface area contributed by atoms with Crippen LogP contribution in [0.2, 0.25) is 5.02 Å². The van der Waals surface area contributed by atoms with Crippen LogP contribution < -0.4 is 0 Å². The second-order valence-electron chi connectivity index (χ2n) is 6.51. The molecule has 142 valence electrons. The maximum Gasteiger partial charge on any atom is 0.247 e. The Labute approximate surface area is 172 Å². The average molecular weight is 469 g/mol. The molecule has 3 rings (SSSR count). The van der Waals surface area contributed by atoms with Crippen LogP contribution in [0.15, 0.2) is 59.1 Å². The lowest BCUT2D eigenvalue weighted by Gasteiger charge is -2.27. The highest BCUT2D eigenvalue weighted by Gasteiger charge is 2.34. The summed E-state index contributed by atoms with van der Waals surface area (Å²) in [4.78, 5) is 14.5. The summed E-state index contributed by atoms with van der Waals surface area (Å²) in [6.45, 7) is 0.353. The lowest BCUT2D eigenvalue weighted by atomic mass is 10.1. The Balaban J connectivity index is 1.84. The van der Waals surface area contributed by atoms with Gasteiger partial charge in [-0.1, -0.05) is 57.9 Å². The Morgan fingerprint density at radius 2 is 2.00 bits per heavy atom. The Bertz CT molecular complexity index is 975. The number of nitrogens with zero attached hydrogens (tertiary/aromatic N) is 1. The molecule has 1 aliphatic heterocycles. The van der Waals surface area contributed by atoms with Crippen molar-refractivity contribution in [3.63, 3.8) is 0 Å². The molecule has 1 amide bonds. The zero-order valence-electron chi connectivity index (χ0n) is 14.5. The molecule has 2 aromatic rings. The summed E-state index contributed by atoms with van der Waals surface area (Å²) in [5.41, 5.74) is 1.68. The van der Waals surface area contributed by atoms with E-state index in [1.807, 2.05) is 42.5 Å². The molecule has 1 aliphatic rings. The quantitative estimate of drug-likeness (QED) is 0.614. The minimum absolute atomic E-state index is 0.00662. The maximum atomic E-state index is 12.9. The van der Waals surface area contributed by atoms with Gasteiger partial charge in [0.05, 0.1) is 11.5 Å². The monoisotopic (exact) mass is 467 g/mol. The highest BCUT2D eigenvalue weighted by atomic mass is 79.9. The van der Waals surface area contributed by atoms with Crippen LogP contribution in [0.4, 0.5) is 0 Å². The highest BCUT2D eigenvalue weighted by molar-refractivity contribution is 9.10. The number of hydrogen-bond donors (Lipinski definition) is 0. The van der Waals surface area contributed by atoms with Crippen LogP contribution >= 0.6 is 27.5 Å². The van der Waals surface area contributed by atoms with Crippen LogP contribution in [0.25, 0.3) is 6.08 Å². The summed E-state index contributed by atoms with van der Waals surface area (Å²) < 4.78 is 24.8. The Morgan fingerprint density at radius 1 is 1.22 bits per heavy atom. The van der Waals surface area contributed by atoms with Crippen molar-refractivity contribution in [2.75, 3.05) is 11.5 Å². The van der Waals surface area contributed by atoms with Gasteiger partial charge in [-0.05, 0) is 41.8 Å². The van der Waals surface area contributed by atoms with Gasteiger partial charge in [-0.2, -0.15) is 0 Å². The van der Waals surface area contributed by atoms with Crippen LogP contribution in [-0.4, -0.2) is 36.8 Å². The lowest BCUT2D eigenvalue weighted by Crippen LogP contribution is -2.39. The van der Waals surface area contributed by atoms with Gasteiger partial charge in [-0.25, -0.2) is 8.42 Å². The highest BCUT2D eigenvalue weighted by Crippen LogP contribution is 2.23. The SMILES string of the molecule is O=C(C=Cc1ccccc1Cl)N(Cc1cccc(Br)c1)C1CCS(=O)(=O)C1. The molecular formula is C20H19BrClNO3S. The summed E-state index contributed by atoms with van der Waals surface area (Å²) >= 11 is 9.57. The molecule has 1 heterocycles. The van der Waals surface area contributed by atoms with Gasteiger partial charge < -0.3 is 4.90 Å². The van der Waals surface area contributed by atoms with Crippen molar-refractivity contribution >= 4 is 49.4 Å². The first-order valence-electron chi connectivity index (χ1n) is 8.52. The van der Waals surface area contributed by atoms with E-state index in [-0.39, 0.29) is 23.5 Å². The third kappa shape index (κ3) is 5.43. The van der Waals surface area contributed by atoms with Gasteiger partial charge in [-0.15, -0.1) is 0 Å². The van der Waals surface area contributed by atoms with E-state index in [4.69, 9.17) is 11.6 Å². The molecule has 27 heavy (non-hydrogen) atoms. The molecule has 0 N–H and O–H groups in total. The van der Waals surface area contributed by atoms with Crippen molar-refractivity contribution in [1.29, 1.82) is 0 Å². The number of benzene rings is 2. The van der Waals surface area contributed by atoms with Crippen molar-refractivity contribution in [1.82, 2.24) is 4.90 Å². The van der Waals surface area contributed by atoms with Crippen LogP contribution in [-0.2, 0) is 21.2 Å². The number of carbonyl (C=O) groups is 1. The molecule has 0 spiro atoms. The molecule has 7 heteroatoms. The number of hydrogen-bond acceptors (Lipinski definition) is 3. The second kappa shape index (κ2) is 8.59. The molecule has 2 aromatic carbocycles. The topological polar surface area (TPSA) is 54.5 Å². The molecule has 0 aromatic heterocycles. The van der Waals surface area contributed by atoms with E-state index in [0.29, 0.717) is 18.0 Å². The molecule has 1 atom stereocenters. The first kappa shape index (κ1) is 20.1. The van der Waals surface area contributed by atoms with Crippen LogP contribution in [0.1, 0.15) is 17.5 Å². The summed E-state index contributed by atoms with van der Waals surface area (Å²) in [6.07, 6.45) is 3.59. The zero-order valence-corrected chi connectivity index (χ0v) is 17.7. The Morgan fingerprint density at radius 3 is 2.67 bits per heavy atom. The molecule has 0 saturated carbocycles. The predicted octanol–water partition coefficient (Wildman–Crippen LogP) is 4.33. The summed E-state index contributed by atoms with van der Waals surface area (Å²) in [6, 6.07) is 14.6. The van der Waals surface area contributed by atoms with E-state index < -0.39 is 9.84 Å². The predicted molar refractivity (Wildman–Crippen MR) is 112 cm³/mol. The van der Waals surface area contributed by atoms with E-state index in [2.05, 4.69) is 15.9 Å². The number of rotatable bonds is 5. The van der Waals surface area contributed by atoms with Crippen molar-refractivity contribution in [3.05, 3.63) is 75.2 Å². The molecule has 1 fully saturated rings. The first-order chi connectivity index (χ1) is 12.8. The van der Waals surface area contributed by atoms with Gasteiger partial charge in [0.15, 0.2) is 9.84 Å². The van der Waals surface area contributed by atoms with Crippen LogP contribution in [0.3, 0.4) is 0 Å². The Kier molecular flexibility index (Phi) is 6.40. The second-order valence-corrected chi connectivity index (χ2v) is 10.1. The molecular weight excluding hydrogens is 450 g/mol. The fourth-order valence-electron chi connectivity index (χ4n) is 3.11. The van der Waals surface area contributed by atoms with Crippen LogP contribution in [0.5, 0.6) is 0 Å². The maximum absolute atomic E-state index is 12.9. The standard InChI is InChI=1S/C20H19BrClNO3S/c21-17-6-3-4-15(12-17)13-23(18-10-11-27(25,26)14-18)20(24)9-8-16-5-1-2-7-19(16)22/h1-9,12,18H,10-11,13-14H2. The van der Waals surface area contributed by atoms with Crippen molar-refractivity contribution in [2.45, 2.75) is 19.0 Å². The van der Waals surface area contributed by atoms with Gasteiger partial charge in [0.1, 0.15) is 0 Å². The third-order valence-electron chi connectivity index (χ3n) is 4.48. The number of halogens is 2. The van der Waals surface area contributed by atoms with Gasteiger partial charge in [0.25, 0.3) is 0 Å². The van der Waals surface area contributed by atoms with Gasteiger partial charge in [0, 0.05) is 28.2 Å². The summed E-state index contributed by atoms with van der Waals surface area (Å²) in [5.74, 6) is -0.0992. The van der Waals surface area contributed by atoms with Crippen molar-refractivity contribution in [3.8, 4) is 0 Å². The van der Waals surface area contributed by atoms with Gasteiger partial charge in [0.2, 0.25) is 5.91 Å². The van der Waals surface area contributed by atoms with Crippen molar-refractivity contribution in [2.24, 2.45) is 0 Å². The lowest BCUT2D eigenvalue weighted by molar-refractivity contribution is -0.128. The normalized spacial score (nSPS) is 18.7. The molecule has 1 saturated heterocycles. The number of sulfone groups is 1. The largest absolute Gasteiger partial charge is 0.331 e.